The number of imidazole rings is 1. The zero-order valence-corrected chi connectivity index (χ0v) is 19.4. The standard InChI is InChI=1S/C24H31N7O2/c1-24(2,3)29-21-15-25-16-22(28-21)31-17-26-19-8-7-18(14-20(19)31)27-23(32)6-4-5-9-30-10-12-33-13-11-30/h4,6-8,14-17H,5,9-13H2,1-3H3,(H,27,32)(H,28,29)/b6-4-. The van der Waals surface area contributed by atoms with Crippen LogP contribution in [0.1, 0.15) is 27.2 Å². The van der Waals surface area contributed by atoms with E-state index in [2.05, 4.69) is 51.3 Å². The van der Waals surface area contributed by atoms with E-state index >= 15 is 0 Å². The largest absolute Gasteiger partial charge is 0.379 e. The summed E-state index contributed by atoms with van der Waals surface area (Å²) in [5.74, 6) is 1.19. The van der Waals surface area contributed by atoms with Gasteiger partial charge >= 0.3 is 0 Å². The van der Waals surface area contributed by atoms with Gasteiger partial charge in [-0.25, -0.2) is 9.97 Å². The first-order valence-electron chi connectivity index (χ1n) is 11.2. The SMILES string of the molecule is CC(C)(C)Nc1cncc(-n2cnc3ccc(NC(=O)/C=C\CCN4CCOCC4)cc32)n1. The fourth-order valence-electron chi connectivity index (χ4n) is 3.64. The number of rotatable bonds is 7. The Morgan fingerprint density at radius 3 is 2.82 bits per heavy atom. The predicted molar refractivity (Wildman–Crippen MR) is 130 cm³/mol. The molecule has 1 saturated heterocycles. The molecule has 0 atom stereocenters. The lowest BCUT2D eigenvalue weighted by Crippen LogP contribution is -2.36. The quantitative estimate of drug-likeness (QED) is 0.535. The van der Waals surface area contributed by atoms with Gasteiger partial charge in [0.2, 0.25) is 5.91 Å². The third kappa shape index (κ3) is 6.36. The molecule has 4 rings (SSSR count). The lowest BCUT2D eigenvalue weighted by atomic mass is 10.1. The van der Waals surface area contributed by atoms with Crippen molar-refractivity contribution in [1.29, 1.82) is 0 Å². The summed E-state index contributed by atoms with van der Waals surface area (Å²) < 4.78 is 7.22. The number of ether oxygens (including phenoxy) is 1. The molecular weight excluding hydrogens is 418 g/mol. The minimum Gasteiger partial charge on any atom is -0.379 e. The van der Waals surface area contributed by atoms with Crippen LogP contribution in [-0.4, -0.2) is 68.7 Å². The van der Waals surface area contributed by atoms with Gasteiger partial charge in [0.1, 0.15) is 12.1 Å². The van der Waals surface area contributed by atoms with Crippen LogP contribution in [0.25, 0.3) is 16.9 Å². The Labute approximate surface area is 193 Å². The van der Waals surface area contributed by atoms with Gasteiger partial charge < -0.3 is 15.4 Å². The fraction of sp³-hybridized carbons (Fsp3) is 0.417. The molecule has 0 radical (unpaired) electrons. The van der Waals surface area contributed by atoms with Gasteiger partial charge in [0.05, 0.1) is 36.6 Å². The molecule has 1 fully saturated rings. The van der Waals surface area contributed by atoms with Crippen molar-refractivity contribution in [2.75, 3.05) is 43.5 Å². The van der Waals surface area contributed by atoms with Crippen molar-refractivity contribution >= 4 is 28.4 Å². The number of hydrogen-bond donors (Lipinski definition) is 2. The maximum Gasteiger partial charge on any atom is 0.248 e. The second-order valence-corrected chi connectivity index (χ2v) is 9.09. The summed E-state index contributed by atoms with van der Waals surface area (Å²) in [5.41, 5.74) is 2.22. The van der Waals surface area contributed by atoms with Crippen LogP contribution in [0.2, 0.25) is 0 Å². The van der Waals surface area contributed by atoms with Crippen LogP contribution >= 0.6 is 0 Å². The van der Waals surface area contributed by atoms with Gasteiger partial charge in [0.25, 0.3) is 0 Å². The number of nitrogens with one attached hydrogen (secondary N) is 2. The minimum atomic E-state index is -0.154. The number of carbonyl (C=O) groups is 1. The number of amides is 1. The first-order chi connectivity index (χ1) is 15.9. The van der Waals surface area contributed by atoms with Crippen LogP contribution in [0.3, 0.4) is 0 Å². The van der Waals surface area contributed by atoms with Gasteiger partial charge in [-0.3, -0.25) is 19.2 Å². The smallest absolute Gasteiger partial charge is 0.248 e. The summed E-state index contributed by atoms with van der Waals surface area (Å²) in [5, 5.41) is 6.27. The number of hydrogen-bond acceptors (Lipinski definition) is 7. The summed E-state index contributed by atoms with van der Waals surface area (Å²) in [4.78, 5) is 28.2. The Bertz CT molecular complexity index is 1130. The molecule has 3 aromatic rings. The molecule has 0 unspecified atom stereocenters. The monoisotopic (exact) mass is 449 g/mol. The average molecular weight is 450 g/mol. The third-order valence-electron chi connectivity index (χ3n) is 5.17. The van der Waals surface area contributed by atoms with E-state index in [1.165, 1.54) is 0 Å². The van der Waals surface area contributed by atoms with Crippen molar-refractivity contribution in [1.82, 2.24) is 24.4 Å². The highest BCUT2D eigenvalue weighted by Crippen LogP contribution is 2.22. The number of benzene rings is 1. The molecule has 9 nitrogen and oxygen atoms in total. The van der Waals surface area contributed by atoms with Crippen LogP contribution in [0.5, 0.6) is 0 Å². The predicted octanol–water partition coefficient (Wildman–Crippen LogP) is 3.24. The maximum atomic E-state index is 12.4. The van der Waals surface area contributed by atoms with Gasteiger partial charge in [-0.15, -0.1) is 0 Å². The van der Waals surface area contributed by atoms with Crippen LogP contribution in [0.4, 0.5) is 11.5 Å². The topological polar surface area (TPSA) is 97.2 Å². The van der Waals surface area contributed by atoms with Crippen molar-refractivity contribution in [3.8, 4) is 5.82 Å². The van der Waals surface area contributed by atoms with E-state index in [0.29, 0.717) is 17.3 Å². The van der Waals surface area contributed by atoms with Crippen LogP contribution in [-0.2, 0) is 9.53 Å². The number of morpholine rings is 1. The molecule has 0 saturated carbocycles. The Morgan fingerprint density at radius 2 is 2.03 bits per heavy atom. The summed E-state index contributed by atoms with van der Waals surface area (Å²) in [7, 11) is 0. The van der Waals surface area contributed by atoms with Crippen molar-refractivity contribution < 1.29 is 9.53 Å². The zero-order valence-electron chi connectivity index (χ0n) is 19.4. The molecule has 174 valence electrons. The highest BCUT2D eigenvalue weighted by molar-refractivity contribution is 6.00. The van der Waals surface area contributed by atoms with Gasteiger partial charge in [-0.05, 0) is 51.5 Å². The molecule has 2 aromatic heterocycles. The van der Waals surface area contributed by atoms with E-state index in [9.17, 15) is 4.79 Å². The highest BCUT2D eigenvalue weighted by atomic mass is 16.5. The highest BCUT2D eigenvalue weighted by Gasteiger charge is 2.13. The third-order valence-corrected chi connectivity index (χ3v) is 5.17. The fourth-order valence-corrected chi connectivity index (χ4v) is 3.64. The van der Waals surface area contributed by atoms with Gasteiger partial charge in [0.15, 0.2) is 5.82 Å². The van der Waals surface area contributed by atoms with Crippen LogP contribution in [0.15, 0.2) is 49.1 Å². The van der Waals surface area contributed by atoms with E-state index in [1.54, 1.807) is 24.8 Å². The summed E-state index contributed by atoms with van der Waals surface area (Å²) in [6.07, 6.45) is 9.44. The Morgan fingerprint density at radius 1 is 1.21 bits per heavy atom. The lowest BCUT2D eigenvalue weighted by Gasteiger charge is -2.25. The summed E-state index contributed by atoms with van der Waals surface area (Å²) in [6, 6.07) is 5.63. The second-order valence-electron chi connectivity index (χ2n) is 9.09. The first-order valence-corrected chi connectivity index (χ1v) is 11.2. The van der Waals surface area contributed by atoms with E-state index < -0.39 is 0 Å². The van der Waals surface area contributed by atoms with Crippen LogP contribution < -0.4 is 10.6 Å². The number of fused-ring (bicyclic) bond motifs is 1. The van der Waals surface area contributed by atoms with Crippen molar-refractivity contribution in [2.24, 2.45) is 0 Å². The molecule has 1 aliphatic heterocycles. The molecule has 1 aliphatic rings. The van der Waals surface area contributed by atoms with Crippen molar-refractivity contribution in [2.45, 2.75) is 32.7 Å². The molecule has 0 bridgehead atoms. The number of carbonyl (C=O) groups excluding carboxylic acids is 1. The van der Waals surface area contributed by atoms with E-state index in [0.717, 1.165) is 50.3 Å². The van der Waals surface area contributed by atoms with E-state index in [-0.39, 0.29) is 11.4 Å². The van der Waals surface area contributed by atoms with Gasteiger partial charge in [-0.2, -0.15) is 0 Å². The summed E-state index contributed by atoms with van der Waals surface area (Å²) >= 11 is 0. The molecule has 33 heavy (non-hydrogen) atoms. The zero-order chi connectivity index (χ0) is 23.3. The molecule has 2 N–H and O–H groups in total. The molecule has 1 aromatic carbocycles. The molecular formula is C24H31N7O2. The van der Waals surface area contributed by atoms with Crippen molar-refractivity contribution in [3.05, 3.63) is 49.1 Å². The van der Waals surface area contributed by atoms with E-state index in [4.69, 9.17) is 4.74 Å². The molecule has 3 heterocycles. The van der Waals surface area contributed by atoms with Crippen molar-refractivity contribution in [3.63, 3.8) is 0 Å². The normalized spacial score (nSPS) is 15.2. The van der Waals surface area contributed by atoms with Gasteiger partial charge in [-0.1, -0.05) is 6.08 Å². The molecule has 0 aliphatic carbocycles. The number of aromatic nitrogens is 4. The van der Waals surface area contributed by atoms with E-state index in [1.807, 2.05) is 28.8 Å². The molecule has 9 heteroatoms. The number of nitrogens with zero attached hydrogens (tertiary/aromatic N) is 5. The Balaban J connectivity index is 1.43. The Kier molecular flexibility index (Phi) is 7.00. The molecule has 1 amide bonds. The average Bonchev–Trinajstić information content (AvgIpc) is 3.20. The minimum absolute atomic E-state index is 0.128. The molecule has 0 spiro atoms. The lowest BCUT2D eigenvalue weighted by molar-refractivity contribution is -0.111. The first kappa shape index (κ1) is 22.9. The Hall–Kier alpha value is -3.30. The van der Waals surface area contributed by atoms with Crippen LogP contribution in [0, 0.1) is 0 Å². The second kappa shape index (κ2) is 10.1. The number of anilines is 2. The summed E-state index contributed by atoms with van der Waals surface area (Å²) in [6.45, 7) is 10.6. The maximum absolute atomic E-state index is 12.4. The van der Waals surface area contributed by atoms with Gasteiger partial charge in [0, 0.05) is 30.9 Å².